The first-order valence-electron chi connectivity index (χ1n) is 9.00. The second kappa shape index (κ2) is 7.70. The Balaban J connectivity index is 1.99. The maximum atomic E-state index is 10.9. The lowest BCUT2D eigenvalue weighted by Gasteiger charge is -2.34. The maximum Gasteiger partial charge on any atom is 0.151 e. The molecule has 4 nitrogen and oxygen atoms in total. The van der Waals surface area contributed by atoms with Gasteiger partial charge in [0.15, 0.2) is 6.29 Å². The van der Waals surface area contributed by atoms with Crippen molar-refractivity contribution in [2.75, 3.05) is 7.11 Å². The van der Waals surface area contributed by atoms with Crippen molar-refractivity contribution in [3.63, 3.8) is 0 Å². The zero-order valence-corrected chi connectivity index (χ0v) is 16.1. The van der Waals surface area contributed by atoms with E-state index in [1.807, 2.05) is 24.4 Å². The van der Waals surface area contributed by atoms with Crippen LogP contribution in [0.25, 0.3) is 11.1 Å². The summed E-state index contributed by atoms with van der Waals surface area (Å²) < 4.78 is 5.27. The monoisotopic (exact) mass is 360 g/mol. The van der Waals surface area contributed by atoms with E-state index in [-0.39, 0.29) is 5.41 Å². The van der Waals surface area contributed by atoms with Crippen LogP contribution in [0.3, 0.4) is 0 Å². The molecule has 4 heteroatoms. The average Bonchev–Trinajstić information content (AvgIpc) is 2.73. The van der Waals surface area contributed by atoms with Gasteiger partial charge in [-0.15, -0.1) is 0 Å². The van der Waals surface area contributed by atoms with E-state index < -0.39 is 0 Å². The maximum absolute atomic E-state index is 10.9. The van der Waals surface area contributed by atoms with Crippen molar-refractivity contribution in [1.29, 1.82) is 0 Å². The molecule has 3 rings (SSSR count). The molecule has 2 heterocycles. The largest absolute Gasteiger partial charge is 0.495 e. The van der Waals surface area contributed by atoms with Crippen LogP contribution >= 0.6 is 0 Å². The van der Waals surface area contributed by atoms with E-state index in [9.17, 15) is 4.79 Å². The molecule has 0 aliphatic rings. The number of carbonyl (C=O) groups is 1. The fourth-order valence-electron chi connectivity index (χ4n) is 3.26. The topological polar surface area (TPSA) is 52.1 Å². The Morgan fingerprint density at radius 3 is 2.30 bits per heavy atom. The highest BCUT2D eigenvalue weighted by molar-refractivity contribution is 5.74. The number of pyridine rings is 2. The highest BCUT2D eigenvalue weighted by Gasteiger charge is 2.33. The lowest BCUT2D eigenvalue weighted by Crippen LogP contribution is -2.31. The van der Waals surface area contributed by atoms with Gasteiger partial charge in [0.25, 0.3) is 0 Å². The minimum absolute atomic E-state index is 0.257. The smallest absolute Gasteiger partial charge is 0.151 e. The molecule has 0 saturated heterocycles. The fourth-order valence-corrected chi connectivity index (χ4v) is 3.26. The molecule has 0 aliphatic carbocycles. The first-order chi connectivity index (χ1) is 13.0. The van der Waals surface area contributed by atoms with Gasteiger partial charge < -0.3 is 4.74 Å². The van der Waals surface area contributed by atoms with Gasteiger partial charge in [-0.25, -0.2) is 0 Å². The van der Waals surface area contributed by atoms with Gasteiger partial charge in [-0.3, -0.25) is 14.8 Å². The second-order valence-corrected chi connectivity index (χ2v) is 7.14. The Morgan fingerprint density at radius 2 is 1.74 bits per heavy atom. The zero-order chi connectivity index (χ0) is 19.4. The number of methoxy groups -OCH3 is 1. The van der Waals surface area contributed by atoms with Gasteiger partial charge in [0, 0.05) is 28.9 Å². The van der Waals surface area contributed by atoms with Crippen LogP contribution in [-0.4, -0.2) is 23.4 Å². The number of aromatic nitrogens is 2. The number of carbonyl (C=O) groups excluding carboxylic acids is 1. The number of nitrogens with zero attached hydrogens (tertiary/aromatic N) is 2. The van der Waals surface area contributed by atoms with Gasteiger partial charge in [-0.1, -0.05) is 38.1 Å². The van der Waals surface area contributed by atoms with Crippen LogP contribution in [0.4, 0.5) is 0 Å². The normalized spacial score (nSPS) is 13.2. The minimum Gasteiger partial charge on any atom is -0.495 e. The molecule has 0 bridgehead atoms. The SMILES string of the molecule is COc1cncc(-c2ccc(C(C)(c3ccc(C=O)cn3)C(C)C)cc2)c1. The first-order valence-corrected chi connectivity index (χ1v) is 9.00. The van der Waals surface area contributed by atoms with Crippen LogP contribution in [0.15, 0.2) is 61.1 Å². The van der Waals surface area contributed by atoms with Crippen LogP contribution < -0.4 is 4.74 Å². The van der Waals surface area contributed by atoms with E-state index in [0.717, 1.165) is 28.9 Å². The number of ether oxygens (including phenoxy) is 1. The summed E-state index contributed by atoms with van der Waals surface area (Å²) in [5.74, 6) is 1.07. The molecule has 0 fully saturated rings. The van der Waals surface area contributed by atoms with Gasteiger partial charge in [-0.2, -0.15) is 0 Å². The van der Waals surface area contributed by atoms with Gasteiger partial charge >= 0.3 is 0 Å². The Bertz CT molecular complexity index is 918. The number of hydrogen-bond acceptors (Lipinski definition) is 4. The van der Waals surface area contributed by atoms with Crippen molar-refractivity contribution < 1.29 is 9.53 Å². The molecule has 2 aromatic heterocycles. The summed E-state index contributed by atoms with van der Waals surface area (Å²) in [4.78, 5) is 19.7. The summed E-state index contributed by atoms with van der Waals surface area (Å²) in [6, 6.07) is 14.2. The molecule has 0 spiro atoms. The molecule has 0 N–H and O–H groups in total. The summed E-state index contributed by atoms with van der Waals surface area (Å²) in [5, 5.41) is 0. The van der Waals surface area contributed by atoms with E-state index in [2.05, 4.69) is 55.0 Å². The van der Waals surface area contributed by atoms with E-state index in [0.29, 0.717) is 11.5 Å². The lowest BCUT2D eigenvalue weighted by molar-refractivity contribution is 0.112. The number of rotatable bonds is 6. The Hall–Kier alpha value is -3.01. The lowest BCUT2D eigenvalue weighted by atomic mass is 9.70. The number of benzene rings is 1. The third-order valence-corrected chi connectivity index (χ3v) is 5.38. The van der Waals surface area contributed by atoms with Crippen molar-refractivity contribution in [3.05, 3.63) is 77.9 Å². The van der Waals surface area contributed by atoms with Crippen molar-refractivity contribution in [1.82, 2.24) is 9.97 Å². The van der Waals surface area contributed by atoms with Crippen LogP contribution in [-0.2, 0) is 5.41 Å². The third-order valence-electron chi connectivity index (χ3n) is 5.38. The van der Waals surface area contributed by atoms with Crippen molar-refractivity contribution in [2.45, 2.75) is 26.2 Å². The summed E-state index contributed by atoms with van der Waals surface area (Å²) >= 11 is 0. The fraction of sp³-hybridized carbons (Fsp3) is 0.261. The van der Waals surface area contributed by atoms with Crippen LogP contribution in [0.5, 0.6) is 5.75 Å². The quantitative estimate of drug-likeness (QED) is 0.585. The molecule has 1 aromatic carbocycles. The predicted molar refractivity (Wildman–Crippen MR) is 107 cm³/mol. The first kappa shape index (κ1) is 18.8. The Labute approximate surface area is 160 Å². The van der Waals surface area contributed by atoms with E-state index in [1.54, 1.807) is 19.5 Å². The molecule has 1 atom stereocenters. The molecule has 0 aliphatic heterocycles. The zero-order valence-electron chi connectivity index (χ0n) is 16.1. The molecule has 138 valence electrons. The highest BCUT2D eigenvalue weighted by atomic mass is 16.5. The van der Waals surface area contributed by atoms with Crippen LogP contribution in [0, 0.1) is 5.92 Å². The molecule has 0 amide bonds. The van der Waals surface area contributed by atoms with Gasteiger partial charge in [0.2, 0.25) is 0 Å². The molecule has 27 heavy (non-hydrogen) atoms. The molecule has 1 unspecified atom stereocenters. The van der Waals surface area contributed by atoms with E-state index >= 15 is 0 Å². The van der Waals surface area contributed by atoms with Crippen LogP contribution in [0.2, 0.25) is 0 Å². The molecule has 0 saturated carbocycles. The van der Waals surface area contributed by atoms with Crippen molar-refractivity contribution >= 4 is 6.29 Å². The standard InChI is InChI=1S/C23H24N2O2/c1-16(2)23(3,22-10-5-17(15-26)12-25-22)20-8-6-18(7-9-20)19-11-21(27-4)14-24-13-19/h5-16H,1-4H3. The average molecular weight is 360 g/mol. The van der Waals surface area contributed by atoms with Gasteiger partial charge in [-0.05, 0) is 42.2 Å². The summed E-state index contributed by atoms with van der Waals surface area (Å²) in [5.41, 5.74) is 4.57. The highest BCUT2D eigenvalue weighted by Crippen LogP contribution is 2.38. The Kier molecular flexibility index (Phi) is 5.36. The molecule has 3 aromatic rings. The minimum atomic E-state index is -0.257. The molecular formula is C23H24N2O2. The molecule has 0 radical (unpaired) electrons. The summed E-state index contributed by atoms with van der Waals surface area (Å²) in [7, 11) is 1.64. The van der Waals surface area contributed by atoms with Crippen molar-refractivity contribution in [3.8, 4) is 16.9 Å². The number of hydrogen-bond donors (Lipinski definition) is 0. The van der Waals surface area contributed by atoms with E-state index in [1.165, 1.54) is 5.56 Å². The number of aldehydes is 1. The summed E-state index contributed by atoms with van der Waals surface area (Å²) in [6.45, 7) is 6.58. The third kappa shape index (κ3) is 3.61. The Morgan fingerprint density at radius 1 is 1.00 bits per heavy atom. The van der Waals surface area contributed by atoms with Crippen molar-refractivity contribution in [2.24, 2.45) is 5.92 Å². The van der Waals surface area contributed by atoms with E-state index in [4.69, 9.17) is 4.74 Å². The van der Waals surface area contributed by atoms with Gasteiger partial charge in [0.1, 0.15) is 5.75 Å². The molecular weight excluding hydrogens is 336 g/mol. The van der Waals surface area contributed by atoms with Gasteiger partial charge in [0.05, 0.1) is 19.0 Å². The second-order valence-electron chi connectivity index (χ2n) is 7.14. The van der Waals surface area contributed by atoms with Crippen LogP contribution in [0.1, 0.15) is 42.4 Å². The predicted octanol–water partition coefficient (Wildman–Crippen LogP) is 4.93. The summed E-state index contributed by atoms with van der Waals surface area (Å²) in [6.07, 6.45) is 5.99.